The second-order valence-corrected chi connectivity index (χ2v) is 6.60. The number of carbonyl (C=O) groups excluding carboxylic acids is 7. The minimum Gasteiger partial charge on any atom is -0.481 e. The van der Waals surface area contributed by atoms with Gasteiger partial charge in [-0.1, -0.05) is 0 Å². The minimum absolute atomic E-state index is 0.380. The summed E-state index contributed by atoms with van der Waals surface area (Å²) in [5, 5.41) is 22.0. The van der Waals surface area contributed by atoms with Gasteiger partial charge >= 0.3 is 5.97 Å². The van der Waals surface area contributed by atoms with E-state index < -0.39 is 85.5 Å². The van der Waals surface area contributed by atoms with Crippen molar-refractivity contribution < 1.29 is 43.5 Å². The van der Waals surface area contributed by atoms with Crippen molar-refractivity contribution in [3.8, 4) is 0 Å². The van der Waals surface area contributed by atoms with Crippen LogP contribution >= 0.6 is 0 Å². The zero-order chi connectivity index (χ0) is 25.6. The van der Waals surface area contributed by atoms with E-state index in [0.29, 0.717) is 0 Å². The van der Waals surface area contributed by atoms with Crippen LogP contribution in [0.4, 0.5) is 0 Å². The second-order valence-electron chi connectivity index (χ2n) is 6.60. The number of nitrogens with one attached hydrogen (secondary N) is 6. The van der Waals surface area contributed by atoms with Crippen molar-refractivity contribution in [3.63, 3.8) is 0 Å². The van der Waals surface area contributed by atoms with Gasteiger partial charge in [0.1, 0.15) is 12.1 Å². The third kappa shape index (κ3) is 14.4. The van der Waals surface area contributed by atoms with E-state index in [0.717, 1.165) is 0 Å². The molecule has 0 heterocycles. The number of amides is 7. The third-order valence-electron chi connectivity index (χ3n) is 3.61. The fourth-order valence-corrected chi connectivity index (χ4v) is 2.02. The molecule has 0 fully saturated rings. The molecule has 0 radical (unpaired) electrons. The van der Waals surface area contributed by atoms with Crippen LogP contribution < -0.4 is 37.6 Å². The molecule has 0 aromatic carbocycles. The van der Waals surface area contributed by atoms with Crippen molar-refractivity contribution in [3.05, 3.63) is 0 Å². The lowest BCUT2D eigenvalue weighted by atomic mass is 10.1. The van der Waals surface area contributed by atoms with Crippen molar-refractivity contribution in [2.75, 3.05) is 26.2 Å². The van der Waals surface area contributed by atoms with Gasteiger partial charge in [-0.15, -0.1) is 0 Å². The first-order valence-corrected chi connectivity index (χ1v) is 9.47. The summed E-state index contributed by atoms with van der Waals surface area (Å²) in [7, 11) is 0. The monoisotopic (exact) mass is 473 g/mol. The topological polar surface area (TPSA) is 255 Å². The Balaban J connectivity index is 4.70. The molecule has 0 bridgehead atoms. The summed E-state index contributed by atoms with van der Waals surface area (Å²) in [5.74, 6) is -6.77. The largest absolute Gasteiger partial charge is 0.481 e. The molecule has 0 aromatic rings. The van der Waals surface area contributed by atoms with Gasteiger partial charge in [0.05, 0.1) is 32.6 Å². The molecule has 0 unspecified atom stereocenters. The summed E-state index contributed by atoms with van der Waals surface area (Å²) in [6, 6.07) is -2.79. The van der Waals surface area contributed by atoms with Gasteiger partial charge in [-0.2, -0.15) is 0 Å². The van der Waals surface area contributed by atoms with E-state index in [4.69, 9.17) is 10.8 Å². The predicted octanol–water partition coefficient (Wildman–Crippen LogP) is -5.58. The summed E-state index contributed by atoms with van der Waals surface area (Å²) >= 11 is 0. The van der Waals surface area contributed by atoms with Crippen molar-refractivity contribution in [2.24, 2.45) is 5.73 Å². The van der Waals surface area contributed by atoms with Crippen LogP contribution in [0.25, 0.3) is 0 Å². The van der Waals surface area contributed by atoms with E-state index in [1.807, 2.05) is 0 Å². The molecule has 0 aliphatic rings. The average Bonchev–Trinajstić information content (AvgIpc) is 2.71. The van der Waals surface area contributed by atoms with Gasteiger partial charge in [-0.25, -0.2) is 0 Å². The molecule has 2 atom stereocenters. The van der Waals surface area contributed by atoms with Gasteiger partial charge < -0.3 is 42.7 Å². The number of nitrogens with two attached hydrogens (primary N) is 1. The van der Waals surface area contributed by atoms with Crippen LogP contribution in [0.5, 0.6) is 0 Å². The fraction of sp³-hybridized carbons (Fsp3) is 0.529. The molecular formula is C17H27N7O9. The molecule has 0 spiro atoms. The average molecular weight is 473 g/mol. The molecular weight excluding hydrogens is 446 g/mol. The molecule has 0 aromatic heterocycles. The van der Waals surface area contributed by atoms with E-state index in [1.165, 1.54) is 13.8 Å². The highest BCUT2D eigenvalue weighted by atomic mass is 16.4. The van der Waals surface area contributed by atoms with Crippen LogP contribution in [0.15, 0.2) is 0 Å². The van der Waals surface area contributed by atoms with Gasteiger partial charge in [-0.05, 0) is 6.92 Å². The number of carbonyl (C=O) groups is 8. The molecule has 33 heavy (non-hydrogen) atoms. The van der Waals surface area contributed by atoms with Gasteiger partial charge in [-0.3, -0.25) is 38.4 Å². The number of hydrogen-bond donors (Lipinski definition) is 8. The van der Waals surface area contributed by atoms with E-state index in [2.05, 4.69) is 31.9 Å². The third-order valence-corrected chi connectivity index (χ3v) is 3.61. The van der Waals surface area contributed by atoms with Gasteiger partial charge in [0.25, 0.3) is 0 Å². The van der Waals surface area contributed by atoms with Crippen LogP contribution in [0.3, 0.4) is 0 Å². The number of primary amides is 1. The van der Waals surface area contributed by atoms with Gasteiger partial charge in [0.2, 0.25) is 41.4 Å². The lowest BCUT2D eigenvalue weighted by molar-refractivity contribution is -0.141. The first-order valence-electron chi connectivity index (χ1n) is 9.47. The number of rotatable bonds is 14. The molecule has 0 saturated heterocycles. The Labute approximate surface area is 187 Å². The van der Waals surface area contributed by atoms with Crippen molar-refractivity contribution in [1.82, 2.24) is 31.9 Å². The molecule has 0 saturated carbocycles. The molecule has 9 N–H and O–H groups in total. The highest BCUT2D eigenvalue weighted by Crippen LogP contribution is 1.95. The summed E-state index contributed by atoms with van der Waals surface area (Å²) in [6.45, 7) is 0.518. The van der Waals surface area contributed by atoms with E-state index >= 15 is 0 Å². The molecule has 0 rings (SSSR count). The van der Waals surface area contributed by atoms with E-state index in [-0.39, 0.29) is 6.54 Å². The van der Waals surface area contributed by atoms with Crippen LogP contribution in [0.1, 0.15) is 20.3 Å². The van der Waals surface area contributed by atoms with Crippen LogP contribution in [0.2, 0.25) is 0 Å². The van der Waals surface area contributed by atoms with Crippen molar-refractivity contribution in [2.45, 2.75) is 32.4 Å². The maximum atomic E-state index is 12.3. The molecule has 0 aliphatic carbocycles. The summed E-state index contributed by atoms with van der Waals surface area (Å²) in [6.07, 6.45) is -0.818. The first-order chi connectivity index (χ1) is 15.3. The Bertz CT molecular complexity index is 800. The Morgan fingerprint density at radius 2 is 1.24 bits per heavy atom. The predicted molar refractivity (Wildman–Crippen MR) is 109 cm³/mol. The maximum absolute atomic E-state index is 12.3. The smallest absolute Gasteiger partial charge is 0.305 e. The van der Waals surface area contributed by atoms with Crippen LogP contribution in [-0.2, 0) is 38.4 Å². The quantitative estimate of drug-likeness (QED) is 0.119. The normalized spacial score (nSPS) is 11.7. The minimum atomic E-state index is -1.57. The number of hydrogen-bond acceptors (Lipinski definition) is 8. The molecule has 0 aliphatic heterocycles. The van der Waals surface area contributed by atoms with Crippen LogP contribution in [0, 0.1) is 0 Å². The summed E-state index contributed by atoms with van der Waals surface area (Å²) in [4.78, 5) is 91.5. The van der Waals surface area contributed by atoms with Gasteiger partial charge in [0.15, 0.2) is 0 Å². The number of carboxylic acid groups (broad SMARTS) is 1. The Morgan fingerprint density at radius 1 is 0.727 bits per heavy atom. The zero-order valence-corrected chi connectivity index (χ0v) is 18.0. The molecule has 184 valence electrons. The Kier molecular flexibility index (Phi) is 12.8. The highest BCUT2D eigenvalue weighted by Gasteiger charge is 2.26. The number of aliphatic carboxylic acids is 1. The zero-order valence-electron chi connectivity index (χ0n) is 18.0. The number of carboxylic acids is 1. The van der Waals surface area contributed by atoms with Crippen molar-refractivity contribution >= 4 is 47.3 Å². The SMILES string of the molecule is CC(=O)NCC(=O)NCC(=O)N[C@@H](CC(=O)O)C(=O)N[C@@H](C)C(=O)NCC(=O)NCC(N)=O. The molecule has 16 heteroatoms. The van der Waals surface area contributed by atoms with E-state index in [1.54, 1.807) is 0 Å². The van der Waals surface area contributed by atoms with E-state index in [9.17, 15) is 38.4 Å². The Morgan fingerprint density at radius 3 is 1.76 bits per heavy atom. The Hall–Kier alpha value is -4.24. The maximum Gasteiger partial charge on any atom is 0.305 e. The first kappa shape index (κ1) is 28.8. The van der Waals surface area contributed by atoms with Crippen LogP contribution in [-0.4, -0.2) is 90.7 Å². The molecule has 7 amide bonds. The fourth-order valence-electron chi connectivity index (χ4n) is 2.02. The van der Waals surface area contributed by atoms with Crippen molar-refractivity contribution in [1.29, 1.82) is 0 Å². The second kappa shape index (κ2) is 14.7. The molecule has 16 nitrogen and oxygen atoms in total. The summed E-state index contributed by atoms with van der Waals surface area (Å²) in [5.41, 5.74) is 4.86. The van der Waals surface area contributed by atoms with Gasteiger partial charge in [0, 0.05) is 6.92 Å². The standard InChI is InChI=1S/C17H27N7O9/c1-8(16(32)22-6-13(28)20-4-11(18)26)23-17(33)10(3-15(30)31)24-14(29)7-21-12(27)5-19-9(2)25/h8,10H,3-7H2,1-2H3,(H2,18,26)(H,19,25)(H,20,28)(H,21,27)(H,22,32)(H,23,33)(H,24,29)(H,30,31)/t8-,10-/m0/s1. The summed E-state index contributed by atoms with van der Waals surface area (Å²) < 4.78 is 0. The highest BCUT2D eigenvalue weighted by molar-refractivity contribution is 5.95. The lowest BCUT2D eigenvalue weighted by Crippen LogP contribution is -2.55. The lowest BCUT2D eigenvalue weighted by Gasteiger charge is -2.20.